The van der Waals surface area contributed by atoms with E-state index in [2.05, 4.69) is 0 Å². The van der Waals surface area contributed by atoms with Gasteiger partial charge in [-0.15, -0.1) is 0 Å². The maximum Gasteiger partial charge on any atom is 0.401 e. The number of aryl methyl sites for hydroxylation is 1. The normalized spacial score (nSPS) is 12.1. The van der Waals surface area contributed by atoms with Gasteiger partial charge in [0.15, 0.2) is 0 Å². The lowest BCUT2D eigenvalue weighted by Crippen LogP contribution is -2.34. The number of hydrogen-bond acceptors (Lipinski definition) is 3. The maximum atomic E-state index is 12.4. The molecule has 1 rings (SSSR count). The predicted molar refractivity (Wildman–Crippen MR) is 62.0 cm³/mol. The van der Waals surface area contributed by atoms with E-state index in [4.69, 9.17) is 9.52 Å². The van der Waals surface area contributed by atoms with Crippen LogP contribution in [0.15, 0.2) is 10.5 Å². The van der Waals surface area contributed by atoms with Gasteiger partial charge in [-0.25, -0.2) is 4.79 Å². The smallest absolute Gasteiger partial charge is 0.401 e. The Balaban J connectivity index is 2.79. The molecule has 0 amide bonds. The zero-order valence-electron chi connectivity index (χ0n) is 10.8. The molecule has 0 atom stereocenters. The lowest BCUT2D eigenvalue weighted by atomic mass is 10.2. The molecule has 0 fully saturated rings. The lowest BCUT2D eigenvalue weighted by molar-refractivity contribution is -0.147. The summed E-state index contributed by atoms with van der Waals surface area (Å²) in [6.07, 6.45) is -3.71. The summed E-state index contributed by atoms with van der Waals surface area (Å²) in [5.41, 5.74) is 0.408. The molecule has 1 heterocycles. The Morgan fingerprint density at radius 2 is 2.11 bits per heavy atom. The van der Waals surface area contributed by atoms with Gasteiger partial charge in [0.2, 0.25) is 5.76 Å². The Labute approximate surface area is 108 Å². The maximum absolute atomic E-state index is 12.4. The first-order valence-corrected chi connectivity index (χ1v) is 5.84. The number of halogens is 3. The van der Waals surface area contributed by atoms with E-state index >= 15 is 0 Å². The summed E-state index contributed by atoms with van der Waals surface area (Å²) in [6, 6.07) is 1.46. The first-order valence-electron chi connectivity index (χ1n) is 5.84. The van der Waals surface area contributed by atoms with Crippen LogP contribution in [0.2, 0.25) is 0 Å². The second kappa shape index (κ2) is 6.10. The molecule has 1 aromatic heterocycles. The molecule has 0 spiro atoms. The molecule has 1 N–H and O–H groups in total. The number of furan rings is 1. The van der Waals surface area contributed by atoms with Gasteiger partial charge in [0.1, 0.15) is 5.76 Å². The van der Waals surface area contributed by atoms with Crippen molar-refractivity contribution in [2.45, 2.75) is 33.0 Å². The Kier molecular flexibility index (Phi) is 4.99. The summed E-state index contributed by atoms with van der Waals surface area (Å²) in [5, 5.41) is 8.82. The van der Waals surface area contributed by atoms with Crippen molar-refractivity contribution in [3.63, 3.8) is 0 Å². The molecule has 108 valence electrons. The minimum Gasteiger partial charge on any atom is -0.475 e. The summed E-state index contributed by atoms with van der Waals surface area (Å²) in [4.78, 5) is 12.0. The van der Waals surface area contributed by atoms with Gasteiger partial charge in [0, 0.05) is 5.56 Å². The minimum atomic E-state index is -4.29. The third kappa shape index (κ3) is 4.94. The fourth-order valence-electron chi connectivity index (χ4n) is 1.84. The van der Waals surface area contributed by atoms with Gasteiger partial charge in [-0.3, -0.25) is 4.90 Å². The topological polar surface area (TPSA) is 53.7 Å². The Morgan fingerprint density at radius 3 is 2.53 bits per heavy atom. The van der Waals surface area contributed by atoms with Crippen LogP contribution < -0.4 is 0 Å². The number of alkyl halides is 3. The van der Waals surface area contributed by atoms with Gasteiger partial charge in [-0.1, -0.05) is 6.92 Å². The van der Waals surface area contributed by atoms with Gasteiger partial charge in [-0.2, -0.15) is 13.2 Å². The third-order valence-electron chi connectivity index (χ3n) is 2.49. The largest absolute Gasteiger partial charge is 0.475 e. The van der Waals surface area contributed by atoms with E-state index in [0.29, 0.717) is 12.0 Å². The fraction of sp³-hybridized carbons (Fsp3) is 0.583. The molecule has 4 nitrogen and oxygen atoms in total. The van der Waals surface area contributed by atoms with Crippen LogP contribution in [0.4, 0.5) is 13.2 Å². The molecule has 0 saturated heterocycles. The van der Waals surface area contributed by atoms with Crippen LogP contribution in [-0.2, 0) is 6.54 Å². The number of rotatable bonds is 6. The Morgan fingerprint density at radius 1 is 1.47 bits per heavy atom. The molecule has 7 heteroatoms. The molecule has 19 heavy (non-hydrogen) atoms. The first kappa shape index (κ1) is 15.6. The summed E-state index contributed by atoms with van der Waals surface area (Å²) in [7, 11) is 0. The van der Waals surface area contributed by atoms with E-state index in [0.717, 1.165) is 0 Å². The second-order valence-corrected chi connectivity index (χ2v) is 4.36. The van der Waals surface area contributed by atoms with Crippen molar-refractivity contribution >= 4 is 5.97 Å². The second-order valence-electron chi connectivity index (χ2n) is 4.36. The van der Waals surface area contributed by atoms with Crippen molar-refractivity contribution in [1.29, 1.82) is 0 Å². The van der Waals surface area contributed by atoms with Crippen LogP contribution in [0.25, 0.3) is 0 Å². The molecule has 1 aromatic rings. The fourth-order valence-corrected chi connectivity index (χ4v) is 1.84. The molecular formula is C12H16F3NO3. The number of hydrogen-bond donors (Lipinski definition) is 1. The van der Waals surface area contributed by atoms with E-state index in [1.54, 1.807) is 13.8 Å². The van der Waals surface area contributed by atoms with Crippen LogP contribution in [0, 0.1) is 6.92 Å². The minimum absolute atomic E-state index is 0.0541. The molecule has 0 radical (unpaired) electrons. The highest BCUT2D eigenvalue weighted by atomic mass is 19.4. The van der Waals surface area contributed by atoms with Crippen molar-refractivity contribution in [1.82, 2.24) is 4.90 Å². The number of carboxylic acids is 1. The van der Waals surface area contributed by atoms with E-state index in [1.807, 2.05) is 0 Å². The Bertz CT molecular complexity index is 440. The standard InChI is InChI=1S/C12H16F3NO3/c1-3-4-16(7-12(13,14)15)6-9-5-8(2)10(19-9)11(17)18/h5H,3-4,6-7H2,1-2H3,(H,17,18). The number of nitrogens with zero attached hydrogens (tertiary/aromatic N) is 1. The summed E-state index contributed by atoms with van der Waals surface area (Å²) in [6.45, 7) is 2.50. The lowest BCUT2D eigenvalue weighted by Gasteiger charge is -2.21. The highest BCUT2D eigenvalue weighted by molar-refractivity contribution is 5.86. The van der Waals surface area contributed by atoms with Gasteiger partial charge >= 0.3 is 12.1 Å². The number of carboxylic acid groups (broad SMARTS) is 1. The van der Waals surface area contributed by atoms with Crippen LogP contribution in [0.5, 0.6) is 0 Å². The predicted octanol–water partition coefficient (Wildman–Crippen LogP) is 3.06. The van der Waals surface area contributed by atoms with Crippen molar-refractivity contribution in [2.24, 2.45) is 0 Å². The monoisotopic (exact) mass is 279 g/mol. The summed E-state index contributed by atoms with van der Waals surface area (Å²) >= 11 is 0. The molecule has 0 unspecified atom stereocenters. The van der Waals surface area contributed by atoms with Gasteiger partial charge in [0.25, 0.3) is 0 Å². The van der Waals surface area contributed by atoms with Gasteiger partial charge < -0.3 is 9.52 Å². The molecule has 0 saturated carbocycles. The van der Waals surface area contributed by atoms with Crippen LogP contribution in [-0.4, -0.2) is 35.2 Å². The SMILES string of the molecule is CCCN(Cc1cc(C)c(C(=O)O)o1)CC(F)(F)F. The highest BCUT2D eigenvalue weighted by Gasteiger charge is 2.31. The molecule has 0 aromatic carbocycles. The highest BCUT2D eigenvalue weighted by Crippen LogP contribution is 2.20. The van der Waals surface area contributed by atoms with Crippen molar-refractivity contribution < 1.29 is 27.5 Å². The van der Waals surface area contributed by atoms with E-state index in [1.165, 1.54) is 11.0 Å². The number of carbonyl (C=O) groups is 1. The average molecular weight is 279 g/mol. The summed E-state index contributed by atoms with van der Waals surface area (Å²) in [5.74, 6) is -1.22. The van der Waals surface area contributed by atoms with E-state index < -0.39 is 18.7 Å². The quantitative estimate of drug-likeness (QED) is 0.869. The van der Waals surface area contributed by atoms with Crippen LogP contribution >= 0.6 is 0 Å². The van der Waals surface area contributed by atoms with Crippen molar-refractivity contribution in [3.05, 3.63) is 23.2 Å². The zero-order valence-corrected chi connectivity index (χ0v) is 10.8. The Hall–Kier alpha value is -1.50. The molecular weight excluding hydrogens is 263 g/mol. The number of aromatic carboxylic acids is 1. The molecule has 0 aliphatic carbocycles. The first-order chi connectivity index (χ1) is 8.73. The van der Waals surface area contributed by atoms with Gasteiger partial charge in [-0.05, 0) is 26.0 Å². The van der Waals surface area contributed by atoms with Crippen LogP contribution in [0.3, 0.4) is 0 Å². The molecule has 0 aliphatic heterocycles. The van der Waals surface area contributed by atoms with Crippen molar-refractivity contribution in [2.75, 3.05) is 13.1 Å². The van der Waals surface area contributed by atoms with E-state index in [-0.39, 0.29) is 24.6 Å². The molecule has 0 bridgehead atoms. The van der Waals surface area contributed by atoms with Crippen LogP contribution in [0.1, 0.15) is 35.2 Å². The molecule has 0 aliphatic rings. The van der Waals surface area contributed by atoms with E-state index in [9.17, 15) is 18.0 Å². The average Bonchev–Trinajstić information content (AvgIpc) is 2.57. The zero-order chi connectivity index (χ0) is 14.6. The van der Waals surface area contributed by atoms with Crippen molar-refractivity contribution in [3.8, 4) is 0 Å². The van der Waals surface area contributed by atoms with Gasteiger partial charge in [0.05, 0.1) is 13.1 Å². The third-order valence-corrected chi connectivity index (χ3v) is 2.49. The summed E-state index contributed by atoms with van der Waals surface area (Å²) < 4.78 is 42.2.